The van der Waals surface area contributed by atoms with Crippen LogP contribution in [0.1, 0.15) is 13.3 Å². The van der Waals surface area contributed by atoms with E-state index in [0.717, 1.165) is 28.8 Å². The van der Waals surface area contributed by atoms with Gasteiger partial charge in [-0.15, -0.1) is 0 Å². The van der Waals surface area contributed by atoms with Crippen molar-refractivity contribution in [3.05, 3.63) is 27.8 Å². The van der Waals surface area contributed by atoms with Crippen molar-refractivity contribution in [2.75, 3.05) is 25.0 Å². The number of hydrogen-bond donors (Lipinski definition) is 2. The lowest BCUT2D eigenvalue weighted by molar-refractivity contribution is -0.117. The van der Waals surface area contributed by atoms with E-state index in [1.54, 1.807) is 0 Å². The Morgan fingerprint density at radius 1 is 1.58 bits per heavy atom. The molecule has 1 aromatic carbocycles. The Hall–Kier alpha value is -0.660. The third kappa shape index (κ3) is 4.43. The van der Waals surface area contributed by atoms with Gasteiger partial charge in [-0.2, -0.15) is 0 Å². The molecule has 0 aliphatic carbocycles. The number of nitrogens with two attached hydrogens (primary N) is 1. The number of hydrogen-bond acceptors (Lipinski definition) is 3. The first-order valence-corrected chi connectivity index (χ1v) is 7.66. The standard InChI is InChI=1S/C14H20IN3O/c1-10-5-6-18(8-13(10)16)9-14(19)17-12-4-2-3-11(15)7-12/h2-4,7,10,13H,5-6,8-9,16H2,1H3,(H,17,19). The molecular formula is C14H20IN3O. The number of anilines is 1. The molecule has 1 aromatic rings. The van der Waals surface area contributed by atoms with Gasteiger partial charge < -0.3 is 11.1 Å². The molecular weight excluding hydrogens is 353 g/mol. The fourth-order valence-corrected chi connectivity index (χ4v) is 2.83. The summed E-state index contributed by atoms with van der Waals surface area (Å²) < 4.78 is 1.12. The van der Waals surface area contributed by atoms with Crippen LogP contribution in [0.15, 0.2) is 24.3 Å². The number of nitrogens with zero attached hydrogens (tertiary/aromatic N) is 1. The largest absolute Gasteiger partial charge is 0.326 e. The number of carbonyl (C=O) groups excluding carboxylic acids is 1. The van der Waals surface area contributed by atoms with Gasteiger partial charge in [0.05, 0.1) is 6.54 Å². The Bertz CT molecular complexity index is 452. The van der Waals surface area contributed by atoms with Crippen LogP contribution in [-0.2, 0) is 4.79 Å². The van der Waals surface area contributed by atoms with Crippen LogP contribution in [0, 0.1) is 9.49 Å². The second-order valence-electron chi connectivity index (χ2n) is 5.22. The van der Waals surface area contributed by atoms with Crippen molar-refractivity contribution >= 4 is 34.2 Å². The van der Waals surface area contributed by atoms with Crippen LogP contribution in [0.2, 0.25) is 0 Å². The third-order valence-corrected chi connectivity index (χ3v) is 4.25. The number of rotatable bonds is 3. The maximum atomic E-state index is 12.0. The molecule has 0 radical (unpaired) electrons. The molecule has 4 nitrogen and oxygen atoms in total. The molecule has 1 aliphatic heterocycles. The highest BCUT2D eigenvalue weighted by molar-refractivity contribution is 14.1. The van der Waals surface area contributed by atoms with Crippen molar-refractivity contribution in [3.63, 3.8) is 0 Å². The average Bonchev–Trinajstić information content (AvgIpc) is 2.34. The number of halogens is 1. The van der Waals surface area contributed by atoms with E-state index in [1.165, 1.54) is 0 Å². The van der Waals surface area contributed by atoms with Gasteiger partial charge in [-0.1, -0.05) is 13.0 Å². The Morgan fingerprint density at radius 2 is 2.37 bits per heavy atom. The van der Waals surface area contributed by atoms with Crippen molar-refractivity contribution in [1.29, 1.82) is 0 Å². The van der Waals surface area contributed by atoms with E-state index in [0.29, 0.717) is 12.5 Å². The first-order chi connectivity index (χ1) is 9.04. The second kappa shape index (κ2) is 6.67. The topological polar surface area (TPSA) is 58.4 Å². The summed E-state index contributed by atoms with van der Waals surface area (Å²) in [5.74, 6) is 0.582. The van der Waals surface area contributed by atoms with Crippen LogP contribution in [0.4, 0.5) is 5.69 Å². The third-order valence-electron chi connectivity index (χ3n) is 3.58. The van der Waals surface area contributed by atoms with Gasteiger partial charge in [0.25, 0.3) is 0 Å². The molecule has 104 valence electrons. The molecule has 1 fully saturated rings. The van der Waals surface area contributed by atoms with Gasteiger partial charge in [-0.3, -0.25) is 9.69 Å². The number of piperidine rings is 1. The first kappa shape index (κ1) is 14.7. The number of likely N-dealkylation sites (tertiary alicyclic amines) is 1. The van der Waals surface area contributed by atoms with Crippen LogP contribution in [0.5, 0.6) is 0 Å². The average molecular weight is 373 g/mol. The molecule has 0 spiro atoms. The molecule has 2 unspecified atom stereocenters. The number of amides is 1. The zero-order valence-electron chi connectivity index (χ0n) is 11.1. The Kier molecular flexibility index (Phi) is 5.18. The maximum Gasteiger partial charge on any atom is 0.238 e. The van der Waals surface area contributed by atoms with Gasteiger partial charge in [0, 0.05) is 21.8 Å². The quantitative estimate of drug-likeness (QED) is 0.796. The van der Waals surface area contributed by atoms with Crippen LogP contribution in [0.25, 0.3) is 0 Å². The summed E-state index contributed by atoms with van der Waals surface area (Å²) in [6.07, 6.45) is 1.07. The predicted molar refractivity (Wildman–Crippen MR) is 86.0 cm³/mol. The molecule has 0 bridgehead atoms. The Labute approximate surface area is 127 Å². The smallest absolute Gasteiger partial charge is 0.238 e. The second-order valence-corrected chi connectivity index (χ2v) is 6.47. The lowest BCUT2D eigenvalue weighted by atomic mass is 9.94. The molecule has 0 saturated carbocycles. The Morgan fingerprint density at radius 3 is 3.05 bits per heavy atom. The number of nitrogens with one attached hydrogen (secondary N) is 1. The van der Waals surface area contributed by atoms with Crippen molar-refractivity contribution in [3.8, 4) is 0 Å². The van der Waals surface area contributed by atoms with E-state index in [2.05, 4.69) is 39.7 Å². The first-order valence-electron chi connectivity index (χ1n) is 6.58. The van der Waals surface area contributed by atoms with E-state index in [4.69, 9.17) is 5.73 Å². The van der Waals surface area contributed by atoms with Gasteiger partial charge in [-0.05, 0) is 59.7 Å². The minimum atomic E-state index is 0.0313. The summed E-state index contributed by atoms with van der Waals surface area (Å²) in [4.78, 5) is 14.1. The Balaban J connectivity index is 1.85. The minimum absolute atomic E-state index is 0.0313. The summed E-state index contributed by atoms with van der Waals surface area (Å²) >= 11 is 2.23. The molecule has 0 aromatic heterocycles. The van der Waals surface area contributed by atoms with Gasteiger partial charge in [0.2, 0.25) is 5.91 Å². The predicted octanol–water partition coefficient (Wildman–Crippen LogP) is 1.90. The molecule has 1 amide bonds. The van der Waals surface area contributed by atoms with Crippen molar-refractivity contribution in [2.45, 2.75) is 19.4 Å². The zero-order chi connectivity index (χ0) is 13.8. The van der Waals surface area contributed by atoms with Crippen molar-refractivity contribution in [2.24, 2.45) is 11.7 Å². The lowest BCUT2D eigenvalue weighted by Gasteiger charge is -2.34. The summed E-state index contributed by atoms with van der Waals surface area (Å²) in [5.41, 5.74) is 6.90. The summed E-state index contributed by atoms with van der Waals surface area (Å²) in [7, 11) is 0. The molecule has 1 saturated heterocycles. The highest BCUT2D eigenvalue weighted by Crippen LogP contribution is 2.16. The van der Waals surface area contributed by atoms with Crippen molar-refractivity contribution in [1.82, 2.24) is 4.90 Å². The van der Waals surface area contributed by atoms with Crippen LogP contribution < -0.4 is 11.1 Å². The molecule has 2 atom stereocenters. The molecule has 3 N–H and O–H groups in total. The fraction of sp³-hybridized carbons (Fsp3) is 0.500. The number of carbonyl (C=O) groups is 1. The molecule has 2 rings (SSSR count). The lowest BCUT2D eigenvalue weighted by Crippen LogP contribution is -2.49. The highest BCUT2D eigenvalue weighted by Gasteiger charge is 2.24. The van der Waals surface area contributed by atoms with Crippen LogP contribution in [-0.4, -0.2) is 36.5 Å². The number of benzene rings is 1. The molecule has 5 heteroatoms. The van der Waals surface area contributed by atoms with Crippen LogP contribution >= 0.6 is 22.6 Å². The summed E-state index contributed by atoms with van der Waals surface area (Å²) in [6, 6.07) is 7.99. The molecule has 1 aliphatic rings. The summed E-state index contributed by atoms with van der Waals surface area (Å²) in [6.45, 7) is 4.36. The van der Waals surface area contributed by atoms with E-state index in [1.807, 2.05) is 24.3 Å². The normalized spacial score (nSPS) is 24.2. The van der Waals surface area contributed by atoms with E-state index in [9.17, 15) is 4.79 Å². The van der Waals surface area contributed by atoms with Gasteiger partial charge in [-0.25, -0.2) is 0 Å². The van der Waals surface area contributed by atoms with Gasteiger partial charge in [0.15, 0.2) is 0 Å². The zero-order valence-corrected chi connectivity index (χ0v) is 13.3. The monoisotopic (exact) mass is 373 g/mol. The molecule has 1 heterocycles. The fourth-order valence-electron chi connectivity index (χ4n) is 2.28. The highest BCUT2D eigenvalue weighted by atomic mass is 127. The van der Waals surface area contributed by atoms with E-state index < -0.39 is 0 Å². The minimum Gasteiger partial charge on any atom is -0.326 e. The van der Waals surface area contributed by atoms with Gasteiger partial charge in [0.1, 0.15) is 0 Å². The molecule has 19 heavy (non-hydrogen) atoms. The summed E-state index contributed by atoms with van der Waals surface area (Å²) in [5, 5.41) is 2.93. The van der Waals surface area contributed by atoms with Crippen molar-refractivity contribution < 1.29 is 4.79 Å². The van der Waals surface area contributed by atoms with E-state index >= 15 is 0 Å². The SMILES string of the molecule is CC1CCN(CC(=O)Nc2cccc(I)c2)CC1N. The van der Waals surface area contributed by atoms with Gasteiger partial charge >= 0.3 is 0 Å². The maximum absolute atomic E-state index is 12.0. The van der Waals surface area contributed by atoms with E-state index in [-0.39, 0.29) is 11.9 Å². The van der Waals surface area contributed by atoms with Crippen LogP contribution in [0.3, 0.4) is 0 Å².